The number of nitrogens with one attached hydrogen (secondary N) is 1. The highest BCUT2D eigenvalue weighted by atomic mass is 32.2. The minimum absolute atomic E-state index is 0.0904. The quantitative estimate of drug-likeness (QED) is 0.826. The van der Waals surface area contributed by atoms with Crippen LogP contribution in [0.15, 0.2) is 23.1 Å². The Hall–Kier alpha value is -0.980. The van der Waals surface area contributed by atoms with Crippen LogP contribution in [0, 0.1) is 12.7 Å². The monoisotopic (exact) mass is 274 g/mol. The molecule has 102 valence electrons. The predicted octanol–water partition coefficient (Wildman–Crippen LogP) is 1.54. The topological polar surface area (TPSA) is 72.2 Å². The average molecular weight is 274 g/mol. The Morgan fingerprint density at radius 1 is 1.44 bits per heavy atom. The summed E-state index contributed by atoms with van der Waals surface area (Å²) in [5.41, 5.74) is 6.13. The molecule has 0 heterocycles. The molecule has 3 N–H and O–H groups in total. The van der Waals surface area contributed by atoms with E-state index in [1.165, 1.54) is 12.1 Å². The van der Waals surface area contributed by atoms with Gasteiger partial charge in [0.05, 0.1) is 4.90 Å². The van der Waals surface area contributed by atoms with Crippen LogP contribution in [0.3, 0.4) is 0 Å². The molecule has 1 atom stereocenters. The van der Waals surface area contributed by atoms with Crippen LogP contribution in [-0.4, -0.2) is 21.0 Å². The Bertz CT molecular complexity index is 503. The summed E-state index contributed by atoms with van der Waals surface area (Å²) in [5.74, 6) is -0.450. The molecule has 0 saturated carbocycles. The fraction of sp³-hybridized carbons (Fsp3) is 0.500. The van der Waals surface area contributed by atoms with Crippen molar-refractivity contribution in [1.29, 1.82) is 0 Å². The molecule has 1 unspecified atom stereocenters. The molecule has 0 aliphatic heterocycles. The van der Waals surface area contributed by atoms with Crippen LogP contribution in [0.2, 0.25) is 0 Å². The van der Waals surface area contributed by atoms with Crippen LogP contribution in [0.5, 0.6) is 0 Å². The Labute approximate surface area is 107 Å². The first-order chi connectivity index (χ1) is 8.36. The van der Waals surface area contributed by atoms with Crippen LogP contribution < -0.4 is 10.5 Å². The van der Waals surface area contributed by atoms with Gasteiger partial charge in [-0.1, -0.05) is 13.3 Å². The van der Waals surface area contributed by atoms with Crippen molar-refractivity contribution in [2.24, 2.45) is 5.73 Å². The number of sulfonamides is 1. The van der Waals surface area contributed by atoms with E-state index >= 15 is 0 Å². The SMILES string of the molecule is CCCC(N)CNS(=O)(=O)c1ccc(F)cc1C. The fourth-order valence-electron chi connectivity index (χ4n) is 1.68. The van der Waals surface area contributed by atoms with Crippen molar-refractivity contribution >= 4 is 10.0 Å². The summed E-state index contributed by atoms with van der Waals surface area (Å²) in [5, 5.41) is 0. The van der Waals surface area contributed by atoms with Gasteiger partial charge in [-0.3, -0.25) is 0 Å². The van der Waals surface area contributed by atoms with Gasteiger partial charge in [0, 0.05) is 12.6 Å². The highest BCUT2D eigenvalue weighted by Crippen LogP contribution is 2.15. The fourth-order valence-corrected chi connectivity index (χ4v) is 3.00. The highest BCUT2D eigenvalue weighted by molar-refractivity contribution is 7.89. The predicted molar refractivity (Wildman–Crippen MR) is 69.2 cm³/mol. The van der Waals surface area contributed by atoms with Crippen molar-refractivity contribution < 1.29 is 12.8 Å². The molecule has 1 aromatic carbocycles. The van der Waals surface area contributed by atoms with E-state index in [1.54, 1.807) is 6.92 Å². The molecule has 4 nitrogen and oxygen atoms in total. The molecule has 0 saturated heterocycles. The first-order valence-electron chi connectivity index (χ1n) is 5.88. The first-order valence-corrected chi connectivity index (χ1v) is 7.36. The first kappa shape index (κ1) is 15.1. The minimum atomic E-state index is -3.62. The van der Waals surface area contributed by atoms with E-state index in [9.17, 15) is 12.8 Å². The van der Waals surface area contributed by atoms with Crippen LogP contribution in [-0.2, 0) is 10.0 Å². The Morgan fingerprint density at radius 3 is 2.67 bits per heavy atom. The average Bonchev–Trinajstić information content (AvgIpc) is 2.26. The van der Waals surface area contributed by atoms with Gasteiger partial charge in [0.2, 0.25) is 10.0 Å². The molecule has 0 radical (unpaired) electrons. The third-order valence-corrected chi connectivity index (χ3v) is 4.21. The van der Waals surface area contributed by atoms with Gasteiger partial charge in [-0.05, 0) is 37.1 Å². The standard InChI is InChI=1S/C12H19FN2O2S/c1-3-4-11(14)8-15-18(16,17)12-6-5-10(13)7-9(12)2/h5-7,11,15H,3-4,8,14H2,1-2H3. The lowest BCUT2D eigenvalue weighted by atomic mass is 10.2. The molecule has 0 amide bonds. The van der Waals surface area contributed by atoms with Crippen molar-refractivity contribution in [1.82, 2.24) is 4.72 Å². The zero-order valence-electron chi connectivity index (χ0n) is 10.6. The number of nitrogens with two attached hydrogens (primary N) is 1. The lowest BCUT2D eigenvalue weighted by Crippen LogP contribution is -2.37. The summed E-state index contributed by atoms with van der Waals surface area (Å²) in [6.45, 7) is 3.73. The number of hydrogen-bond acceptors (Lipinski definition) is 3. The largest absolute Gasteiger partial charge is 0.327 e. The summed E-state index contributed by atoms with van der Waals surface area (Å²) in [6, 6.07) is 3.39. The molecule has 0 aliphatic carbocycles. The minimum Gasteiger partial charge on any atom is -0.327 e. The van der Waals surface area contributed by atoms with Gasteiger partial charge >= 0.3 is 0 Å². The molecule has 0 bridgehead atoms. The van der Waals surface area contributed by atoms with Gasteiger partial charge in [0.25, 0.3) is 0 Å². The summed E-state index contributed by atoms with van der Waals surface area (Å²) >= 11 is 0. The maximum absolute atomic E-state index is 12.9. The maximum Gasteiger partial charge on any atom is 0.240 e. The molecule has 18 heavy (non-hydrogen) atoms. The third kappa shape index (κ3) is 4.04. The van der Waals surface area contributed by atoms with E-state index in [2.05, 4.69) is 4.72 Å². The highest BCUT2D eigenvalue weighted by Gasteiger charge is 2.17. The maximum atomic E-state index is 12.9. The normalized spacial score (nSPS) is 13.6. The molecule has 6 heteroatoms. The third-order valence-electron chi connectivity index (χ3n) is 2.62. The summed E-state index contributed by atoms with van der Waals surface area (Å²) in [7, 11) is -3.62. The second kappa shape index (κ2) is 6.26. The van der Waals surface area contributed by atoms with E-state index in [-0.39, 0.29) is 17.5 Å². The van der Waals surface area contributed by atoms with Crippen molar-refractivity contribution in [2.75, 3.05) is 6.54 Å². The zero-order valence-corrected chi connectivity index (χ0v) is 11.4. The molecule has 0 aliphatic rings. The second-order valence-corrected chi connectivity index (χ2v) is 6.05. The van der Waals surface area contributed by atoms with E-state index in [1.807, 2.05) is 6.92 Å². The molecule has 0 spiro atoms. The second-order valence-electron chi connectivity index (χ2n) is 4.31. The van der Waals surface area contributed by atoms with Gasteiger partial charge in [-0.15, -0.1) is 0 Å². The Balaban J connectivity index is 2.80. The molecular weight excluding hydrogens is 255 g/mol. The number of aryl methyl sites for hydroxylation is 1. The molecule has 1 aromatic rings. The van der Waals surface area contributed by atoms with Crippen molar-refractivity contribution in [3.8, 4) is 0 Å². The number of rotatable bonds is 6. The van der Waals surface area contributed by atoms with Gasteiger partial charge < -0.3 is 5.73 Å². The lowest BCUT2D eigenvalue weighted by Gasteiger charge is -2.13. The van der Waals surface area contributed by atoms with Gasteiger partial charge in [0.1, 0.15) is 5.82 Å². The summed E-state index contributed by atoms with van der Waals surface area (Å²) in [4.78, 5) is 0.0904. The van der Waals surface area contributed by atoms with E-state index < -0.39 is 15.8 Å². The van der Waals surface area contributed by atoms with Crippen molar-refractivity contribution in [2.45, 2.75) is 37.6 Å². The Morgan fingerprint density at radius 2 is 2.11 bits per heavy atom. The number of benzene rings is 1. The van der Waals surface area contributed by atoms with Gasteiger partial charge in [-0.2, -0.15) is 0 Å². The molecule has 0 fully saturated rings. The Kier molecular flexibility index (Phi) is 5.25. The number of hydrogen-bond donors (Lipinski definition) is 2. The smallest absolute Gasteiger partial charge is 0.240 e. The summed E-state index contributed by atoms with van der Waals surface area (Å²) in [6.07, 6.45) is 1.66. The van der Waals surface area contributed by atoms with Gasteiger partial charge in [0.15, 0.2) is 0 Å². The number of halogens is 1. The van der Waals surface area contributed by atoms with Crippen molar-refractivity contribution in [3.05, 3.63) is 29.6 Å². The van der Waals surface area contributed by atoms with Crippen LogP contribution in [0.25, 0.3) is 0 Å². The zero-order chi connectivity index (χ0) is 13.8. The molecular formula is C12H19FN2O2S. The van der Waals surface area contributed by atoms with Crippen molar-refractivity contribution in [3.63, 3.8) is 0 Å². The van der Waals surface area contributed by atoms with Crippen LogP contribution in [0.4, 0.5) is 4.39 Å². The van der Waals surface area contributed by atoms with Gasteiger partial charge in [-0.25, -0.2) is 17.5 Å². The van der Waals surface area contributed by atoms with E-state index in [4.69, 9.17) is 5.73 Å². The van der Waals surface area contributed by atoms with E-state index in [0.29, 0.717) is 5.56 Å². The van der Waals surface area contributed by atoms with Crippen LogP contribution >= 0.6 is 0 Å². The molecule has 1 rings (SSSR count). The lowest BCUT2D eigenvalue weighted by molar-refractivity contribution is 0.552. The van der Waals surface area contributed by atoms with E-state index in [0.717, 1.165) is 18.9 Å². The van der Waals surface area contributed by atoms with Crippen LogP contribution in [0.1, 0.15) is 25.3 Å². The molecule has 0 aromatic heterocycles. The summed E-state index contributed by atoms with van der Waals surface area (Å²) < 4.78 is 39.3.